The molecule has 0 aliphatic carbocycles. The molecule has 1 unspecified atom stereocenters. The van der Waals surface area contributed by atoms with Gasteiger partial charge in [-0.25, -0.2) is 0 Å². The number of rotatable bonds is 2. The Morgan fingerprint density at radius 1 is 1.24 bits per heavy atom. The van der Waals surface area contributed by atoms with Gasteiger partial charge in [-0.3, -0.25) is 4.79 Å². The maximum absolute atomic E-state index is 11.9. The lowest BCUT2D eigenvalue weighted by Crippen LogP contribution is -2.08. The molecule has 0 aromatic heterocycles. The summed E-state index contributed by atoms with van der Waals surface area (Å²) in [6, 6.07) is 13.3. The first-order valence-electron chi connectivity index (χ1n) is 5.25. The van der Waals surface area contributed by atoms with E-state index in [2.05, 4.69) is 15.9 Å². The van der Waals surface area contributed by atoms with E-state index in [-0.39, 0.29) is 5.78 Å². The Labute approximate surface area is 108 Å². The molecule has 0 saturated carbocycles. The average molecular weight is 288 g/mol. The van der Waals surface area contributed by atoms with Crippen LogP contribution < -0.4 is 0 Å². The third-order valence-electron chi connectivity index (χ3n) is 2.67. The largest absolute Gasteiger partial charge is 0.293 e. The second-order valence-corrected chi connectivity index (χ2v) is 4.84. The van der Waals surface area contributed by atoms with E-state index in [0.717, 1.165) is 15.2 Å². The van der Waals surface area contributed by atoms with Crippen LogP contribution in [-0.4, -0.2) is 5.78 Å². The molecule has 2 nitrogen and oxygen atoms in total. The molecule has 0 saturated heterocycles. The topological polar surface area (TPSA) is 40.9 Å². The van der Waals surface area contributed by atoms with Crippen molar-refractivity contribution in [1.29, 1.82) is 5.26 Å². The number of nitrogens with zero attached hydrogens (tertiary/aromatic N) is 1. The molecule has 3 heteroatoms. The van der Waals surface area contributed by atoms with Crippen molar-refractivity contribution in [3.05, 3.63) is 46.4 Å². The molecule has 0 N–H and O–H groups in total. The van der Waals surface area contributed by atoms with Crippen LogP contribution in [0, 0.1) is 17.2 Å². The minimum absolute atomic E-state index is 0.127. The molecular weight excluding hydrogens is 278 g/mol. The van der Waals surface area contributed by atoms with E-state index in [0.29, 0.717) is 5.56 Å². The highest BCUT2D eigenvalue weighted by molar-refractivity contribution is 9.10. The summed E-state index contributed by atoms with van der Waals surface area (Å²) in [5.74, 6) is -0.722. The quantitative estimate of drug-likeness (QED) is 0.785. The van der Waals surface area contributed by atoms with Crippen LogP contribution in [0.25, 0.3) is 10.8 Å². The first-order valence-corrected chi connectivity index (χ1v) is 6.04. The van der Waals surface area contributed by atoms with E-state index in [4.69, 9.17) is 5.26 Å². The molecule has 1 atom stereocenters. The number of hydrogen-bond donors (Lipinski definition) is 0. The molecule has 0 heterocycles. The third kappa shape index (κ3) is 2.37. The summed E-state index contributed by atoms with van der Waals surface area (Å²) < 4.78 is 1.01. The molecule has 0 spiro atoms. The highest BCUT2D eigenvalue weighted by atomic mass is 79.9. The number of hydrogen-bond acceptors (Lipinski definition) is 2. The van der Waals surface area contributed by atoms with Gasteiger partial charge >= 0.3 is 0 Å². The van der Waals surface area contributed by atoms with Crippen LogP contribution in [0.1, 0.15) is 17.3 Å². The summed E-state index contributed by atoms with van der Waals surface area (Å²) in [7, 11) is 0. The zero-order chi connectivity index (χ0) is 12.4. The minimum atomic E-state index is -0.595. The number of benzene rings is 2. The van der Waals surface area contributed by atoms with E-state index >= 15 is 0 Å². The zero-order valence-electron chi connectivity index (χ0n) is 9.27. The molecule has 2 aromatic carbocycles. The molecule has 0 aliphatic rings. The first kappa shape index (κ1) is 11.8. The average Bonchev–Trinajstić information content (AvgIpc) is 2.36. The van der Waals surface area contributed by atoms with Crippen LogP contribution in [0.2, 0.25) is 0 Å². The monoisotopic (exact) mass is 287 g/mol. The Morgan fingerprint density at radius 2 is 1.88 bits per heavy atom. The first-order chi connectivity index (χ1) is 8.11. The number of halogens is 1. The van der Waals surface area contributed by atoms with Crippen molar-refractivity contribution in [2.24, 2.45) is 5.92 Å². The molecule has 0 fully saturated rings. The number of carbonyl (C=O) groups is 1. The number of Topliss-reactive ketones (excluding diaryl/α,β-unsaturated/α-hetero) is 1. The van der Waals surface area contributed by atoms with Crippen molar-refractivity contribution in [2.75, 3.05) is 0 Å². The minimum Gasteiger partial charge on any atom is -0.293 e. The lowest BCUT2D eigenvalue weighted by molar-refractivity contribution is 0.0956. The summed E-state index contributed by atoms with van der Waals surface area (Å²) in [6.45, 7) is 1.62. The number of carbonyl (C=O) groups excluding carboxylic acids is 1. The van der Waals surface area contributed by atoms with Gasteiger partial charge in [-0.2, -0.15) is 5.26 Å². The van der Waals surface area contributed by atoms with Crippen molar-refractivity contribution < 1.29 is 4.79 Å². The SMILES string of the molecule is CC(C#N)C(=O)c1ccc2cc(Br)ccc2c1. The van der Waals surface area contributed by atoms with Gasteiger partial charge in [-0.05, 0) is 35.9 Å². The highest BCUT2D eigenvalue weighted by Crippen LogP contribution is 2.22. The highest BCUT2D eigenvalue weighted by Gasteiger charge is 2.14. The Bertz CT molecular complexity index is 628. The molecule has 2 aromatic rings. The van der Waals surface area contributed by atoms with Gasteiger partial charge in [-0.15, -0.1) is 0 Å². The Kier molecular flexibility index (Phi) is 3.26. The Hall–Kier alpha value is -1.66. The molecule has 0 amide bonds. The lowest BCUT2D eigenvalue weighted by atomic mass is 9.98. The fourth-order valence-electron chi connectivity index (χ4n) is 1.68. The van der Waals surface area contributed by atoms with Gasteiger partial charge in [0.2, 0.25) is 0 Å². The Balaban J connectivity index is 2.49. The summed E-state index contributed by atoms with van der Waals surface area (Å²) >= 11 is 3.40. The van der Waals surface area contributed by atoms with Crippen molar-refractivity contribution in [1.82, 2.24) is 0 Å². The smallest absolute Gasteiger partial charge is 0.179 e. The van der Waals surface area contributed by atoms with Gasteiger partial charge in [0.05, 0.1) is 6.07 Å². The van der Waals surface area contributed by atoms with Crippen LogP contribution in [0.15, 0.2) is 40.9 Å². The van der Waals surface area contributed by atoms with Crippen LogP contribution in [-0.2, 0) is 0 Å². The lowest BCUT2D eigenvalue weighted by Gasteiger charge is -2.04. The van der Waals surface area contributed by atoms with Gasteiger partial charge in [0.15, 0.2) is 5.78 Å². The van der Waals surface area contributed by atoms with Gasteiger partial charge in [-0.1, -0.05) is 34.1 Å². The maximum atomic E-state index is 11.9. The van der Waals surface area contributed by atoms with Crippen LogP contribution in [0.4, 0.5) is 0 Å². The van der Waals surface area contributed by atoms with Gasteiger partial charge < -0.3 is 0 Å². The molecule has 84 valence electrons. The van der Waals surface area contributed by atoms with Gasteiger partial charge in [0, 0.05) is 10.0 Å². The van der Waals surface area contributed by atoms with E-state index in [9.17, 15) is 4.79 Å². The van der Waals surface area contributed by atoms with Crippen molar-refractivity contribution in [3.63, 3.8) is 0 Å². The van der Waals surface area contributed by atoms with E-state index in [1.165, 1.54) is 0 Å². The fourth-order valence-corrected chi connectivity index (χ4v) is 2.06. The summed E-state index contributed by atoms with van der Waals surface area (Å²) in [5, 5.41) is 10.8. The van der Waals surface area contributed by atoms with Crippen molar-refractivity contribution in [2.45, 2.75) is 6.92 Å². The standard InChI is InChI=1S/C14H10BrNO/c1-9(8-16)14(17)12-3-2-11-7-13(15)5-4-10(11)6-12/h2-7,9H,1H3. The Morgan fingerprint density at radius 3 is 2.59 bits per heavy atom. The number of ketones is 1. The zero-order valence-corrected chi connectivity index (χ0v) is 10.9. The normalized spacial score (nSPS) is 12.1. The second-order valence-electron chi connectivity index (χ2n) is 3.92. The van der Waals surface area contributed by atoms with Crippen LogP contribution in [0.5, 0.6) is 0 Å². The van der Waals surface area contributed by atoms with E-state index < -0.39 is 5.92 Å². The second kappa shape index (κ2) is 4.68. The van der Waals surface area contributed by atoms with Crippen LogP contribution in [0.3, 0.4) is 0 Å². The predicted molar refractivity (Wildman–Crippen MR) is 70.8 cm³/mol. The third-order valence-corrected chi connectivity index (χ3v) is 3.17. The molecule has 0 radical (unpaired) electrons. The molecular formula is C14H10BrNO. The van der Waals surface area contributed by atoms with E-state index in [1.807, 2.05) is 36.4 Å². The van der Waals surface area contributed by atoms with Crippen molar-refractivity contribution in [3.8, 4) is 6.07 Å². The van der Waals surface area contributed by atoms with Gasteiger partial charge in [0.1, 0.15) is 5.92 Å². The van der Waals surface area contributed by atoms with Gasteiger partial charge in [0.25, 0.3) is 0 Å². The maximum Gasteiger partial charge on any atom is 0.179 e. The summed E-state index contributed by atoms with van der Waals surface area (Å²) in [4.78, 5) is 11.9. The summed E-state index contributed by atoms with van der Waals surface area (Å²) in [5.41, 5.74) is 0.592. The number of fused-ring (bicyclic) bond motifs is 1. The molecule has 0 bridgehead atoms. The predicted octanol–water partition coefficient (Wildman–Crippen LogP) is 3.94. The fraction of sp³-hybridized carbons (Fsp3) is 0.143. The van der Waals surface area contributed by atoms with Crippen molar-refractivity contribution >= 4 is 32.5 Å². The molecule has 17 heavy (non-hydrogen) atoms. The summed E-state index contributed by atoms with van der Waals surface area (Å²) in [6.07, 6.45) is 0. The van der Waals surface area contributed by atoms with Crippen LogP contribution >= 0.6 is 15.9 Å². The molecule has 0 aliphatic heterocycles. The van der Waals surface area contributed by atoms with E-state index in [1.54, 1.807) is 13.0 Å². The number of nitriles is 1. The molecule has 2 rings (SSSR count).